The maximum Gasteiger partial charge on any atom is 0.418 e. The number of hydrogen-bond donors (Lipinski definition) is 4. The number of carbonyl (C=O) groups is 2. The Kier molecular flexibility index (Phi) is 6.05. The highest BCUT2D eigenvalue weighted by atomic mass is 19.4. The van der Waals surface area contributed by atoms with Crippen LogP contribution in [0.25, 0.3) is 0 Å². The lowest BCUT2D eigenvalue weighted by atomic mass is 9.95. The minimum atomic E-state index is -4.75. The molecule has 12 heteroatoms. The van der Waals surface area contributed by atoms with Gasteiger partial charge < -0.3 is 21.5 Å². The molecule has 1 aromatic carbocycles. The van der Waals surface area contributed by atoms with Crippen LogP contribution in [-0.2, 0) is 22.9 Å². The van der Waals surface area contributed by atoms with E-state index in [-0.39, 0.29) is 34.9 Å². The van der Waals surface area contributed by atoms with Gasteiger partial charge in [0.15, 0.2) is 0 Å². The van der Waals surface area contributed by atoms with E-state index in [1.807, 2.05) is 0 Å². The number of primary amides is 1. The highest BCUT2D eigenvalue weighted by Gasteiger charge is 2.54. The van der Waals surface area contributed by atoms with Crippen LogP contribution in [-0.4, -0.2) is 26.9 Å². The first-order chi connectivity index (χ1) is 16.5. The Balaban J connectivity index is 1.44. The molecule has 3 aromatic rings. The molecule has 0 spiro atoms. The number of nitrogens with two attached hydrogens (primary N) is 1. The van der Waals surface area contributed by atoms with Gasteiger partial charge in [0.2, 0.25) is 5.91 Å². The number of alkyl halides is 3. The third-order valence-corrected chi connectivity index (χ3v) is 5.60. The molecule has 1 saturated carbocycles. The molecule has 1 fully saturated rings. The lowest BCUT2D eigenvalue weighted by Gasteiger charge is -2.17. The first-order valence-corrected chi connectivity index (χ1v) is 10.4. The maximum atomic E-state index is 13.3. The molecule has 2 amide bonds. The number of nitrogens with zero attached hydrogens (tertiary/aromatic N) is 2. The van der Waals surface area contributed by atoms with E-state index in [1.165, 1.54) is 18.3 Å². The minimum absolute atomic E-state index is 0.00913. The van der Waals surface area contributed by atoms with Crippen molar-refractivity contribution in [2.75, 3.05) is 5.32 Å². The van der Waals surface area contributed by atoms with Crippen molar-refractivity contribution < 1.29 is 32.3 Å². The smallest absolute Gasteiger partial charge is 0.418 e. The van der Waals surface area contributed by atoms with Crippen molar-refractivity contribution in [1.82, 2.24) is 15.3 Å². The normalized spacial score (nSPS) is 14.3. The van der Waals surface area contributed by atoms with Gasteiger partial charge >= 0.3 is 6.18 Å². The van der Waals surface area contributed by atoms with Gasteiger partial charge in [0, 0.05) is 0 Å². The molecule has 2 aromatic heterocycles. The van der Waals surface area contributed by atoms with Crippen LogP contribution in [0, 0.1) is 5.82 Å². The first-order valence-electron chi connectivity index (χ1n) is 10.4. The van der Waals surface area contributed by atoms with Gasteiger partial charge in [0.05, 0.1) is 58.2 Å². The van der Waals surface area contributed by atoms with Gasteiger partial charge in [-0.25, -0.2) is 4.39 Å². The van der Waals surface area contributed by atoms with E-state index in [2.05, 4.69) is 20.6 Å². The number of aromatic hydroxyl groups is 1. The Labute approximate surface area is 196 Å². The van der Waals surface area contributed by atoms with Gasteiger partial charge in [-0.1, -0.05) is 0 Å². The van der Waals surface area contributed by atoms with Crippen LogP contribution in [0.2, 0.25) is 0 Å². The van der Waals surface area contributed by atoms with Crippen LogP contribution in [0.1, 0.15) is 40.2 Å². The number of benzene rings is 1. The number of nitrogens with one attached hydrogen (secondary N) is 2. The highest BCUT2D eigenvalue weighted by Crippen LogP contribution is 2.49. The van der Waals surface area contributed by atoms with E-state index in [0.29, 0.717) is 24.6 Å². The van der Waals surface area contributed by atoms with E-state index >= 15 is 0 Å². The van der Waals surface area contributed by atoms with Crippen LogP contribution < -0.4 is 16.4 Å². The van der Waals surface area contributed by atoms with Gasteiger partial charge in [-0.2, -0.15) is 13.2 Å². The van der Waals surface area contributed by atoms with Crippen molar-refractivity contribution in [2.45, 2.75) is 31.0 Å². The number of carbonyl (C=O) groups excluding carboxylic acids is 2. The molecule has 0 radical (unpaired) electrons. The topological polar surface area (TPSA) is 130 Å². The lowest BCUT2D eigenvalue weighted by Crippen LogP contribution is -2.36. The van der Waals surface area contributed by atoms with Crippen LogP contribution >= 0.6 is 0 Å². The maximum absolute atomic E-state index is 13.3. The number of pyridine rings is 2. The van der Waals surface area contributed by atoms with E-state index in [4.69, 9.17) is 5.73 Å². The summed E-state index contributed by atoms with van der Waals surface area (Å²) < 4.78 is 52.8. The van der Waals surface area contributed by atoms with E-state index in [1.54, 1.807) is 0 Å². The second kappa shape index (κ2) is 8.85. The molecule has 8 nitrogen and oxygen atoms in total. The standard InChI is InChI=1S/C23H19F4N5O3/c24-12-1-4-18(17(7-12)23(25,26)27)32-14-3-2-13(29-10-14)9-31-21(35)22(5-6-22)19-16(20(28)34)8-15(33)11-30-19/h1-4,7-8,10-11,32-33H,5-6,9H2,(H2,28,34)(H,31,35). The summed E-state index contributed by atoms with van der Waals surface area (Å²) in [4.78, 5) is 32.8. The molecule has 0 aliphatic heterocycles. The average Bonchev–Trinajstić information content (AvgIpc) is 3.61. The molecule has 0 saturated heterocycles. The summed E-state index contributed by atoms with van der Waals surface area (Å²) in [7, 11) is 0. The summed E-state index contributed by atoms with van der Waals surface area (Å²) >= 11 is 0. The predicted molar refractivity (Wildman–Crippen MR) is 116 cm³/mol. The van der Waals surface area contributed by atoms with Gasteiger partial charge in [0.1, 0.15) is 11.6 Å². The molecule has 0 atom stereocenters. The largest absolute Gasteiger partial charge is 0.506 e. The number of hydrogen-bond acceptors (Lipinski definition) is 6. The first kappa shape index (κ1) is 23.9. The van der Waals surface area contributed by atoms with Crippen LogP contribution in [0.5, 0.6) is 5.75 Å². The molecule has 0 bridgehead atoms. The van der Waals surface area contributed by atoms with Crippen LogP contribution in [0.3, 0.4) is 0 Å². The molecular formula is C23H19F4N5O3. The second-order valence-corrected chi connectivity index (χ2v) is 8.07. The number of aromatic nitrogens is 2. The van der Waals surface area contributed by atoms with E-state index in [0.717, 1.165) is 24.4 Å². The molecule has 2 heterocycles. The molecule has 4 rings (SSSR count). The van der Waals surface area contributed by atoms with Crippen molar-refractivity contribution in [2.24, 2.45) is 5.73 Å². The Morgan fingerprint density at radius 2 is 1.83 bits per heavy atom. The molecule has 5 N–H and O–H groups in total. The summed E-state index contributed by atoms with van der Waals surface area (Å²) in [6.07, 6.45) is -1.46. The van der Waals surface area contributed by atoms with E-state index < -0.39 is 34.8 Å². The zero-order valence-electron chi connectivity index (χ0n) is 18.0. The zero-order chi connectivity index (χ0) is 25.4. The van der Waals surface area contributed by atoms with Gasteiger partial charge in [-0.3, -0.25) is 19.6 Å². The van der Waals surface area contributed by atoms with Gasteiger partial charge in [0.25, 0.3) is 5.91 Å². The number of halogens is 4. The third-order valence-electron chi connectivity index (χ3n) is 5.60. The predicted octanol–water partition coefficient (Wildman–Crippen LogP) is 3.53. The monoisotopic (exact) mass is 489 g/mol. The Morgan fingerprint density at radius 3 is 2.43 bits per heavy atom. The summed E-state index contributed by atoms with van der Waals surface area (Å²) in [5.74, 6) is -2.48. The van der Waals surface area contributed by atoms with Crippen molar-refractivity contribution in [3.63, 3.8) is 0 Å². The zero-order valence-corrected chi connectivity index (χ0v) is 18.0. The van der Waals surface area contributed by atoms with Gasteiger partial charge in [-0.15, -0.1) is 0 Å². The summed E-state index contributed by atoms with van der Waals surface area (Å²) in [5.41, 5.74) is 3.64. The molecule has 1 aliphatic rings. The quantitative estimate of drug-likeness (QED) is 0.376. The van der Waals surface area contributed by atoms with Crippen molar-refractivity contribution in [3.05, 3.63) is 77.1 Å². The summed E-state index contributed by atoms with van der Waals surface area (Å²) in [5, 5.41) is 14.9. The highest BCUT2D eigenvalue weighted by molar-refractivity contribution is 5.99. The van der Waals surface area contributed by atoms with Gasteiger partial charge in [-0.05, 0) is 49.2 Å². The molecule has 1 aliphatic carbocycles. The van der Waals surface area contributed by atoms with Crippen molar-refractivity contribution >= 4 is 23.2 Å². The number of amides is 2. The molecule has 0 unspecified atom stereocenters. The summed E-state index contributed by atoms with van der Waals surface area (Å²) in [6, 6.07) is 6.44. The Morgan fingerprint density at radius 1 is 1.09 bits per heavy atom. The minimum Gasteiger partial charge on any atom is -0.506 e. The fraction of sp³-hybridized carbons (Fsp3) is 0.217. The summed E-state index contributed by atoms with van der Waals surface area (Å²) in [6.45, 7) is 0.00913. The molecular weight excluding hydrogens is 470 g/mol. The Bertz CT molecular complexity index is 1290. The van der Waals surface area contributed by atoms with Crippen molar-refractivity contribution in [3.8, 4) is 5.75 Å². The SMILES string of the molecule is NC(=O)c1cc(O)cnc1C1(C(=O)NCc2ccc(Nc3ccc(F)cc3C(F)(F)F)cn2)CC1. The third kappa shape index (κ3) is 5.00. The molecule has 182 valence electrons. The van der Waals surface area contributed by atoms with Crippen LogP contribution in [0.4, 0.5) is 28.9 Å². The fourth-order valence-corrected chi connectivity index (χ4v) is 3.68. The number of anilines is 2. The lowest BCUT2D eigenvalue weighted by molar-refractivity contribution is -0.137. The van der Waals surface area contributed by atoms with E-state index in [9.17, 15) is 32.3 Å². The number of rotatable bonds is 7. The Hall–Kier alpha value is -4.22. The average molecular weight is 489 g/mol. The molecule has 35 heavy (non-hydrogen) atoms. The van der Waals surface area contributed by atoms with Crippen molar-refractivity contribution in [1.29, 1.82) is 0 Å². The fourth-order valence-electron chi connectivity index (χ4n) is 3.68. The van der Waals surface area contributed by atoms with Crippen LogP contribution in [0.15, 0.2) is 48.8 Å². The second-order valence-electron chi connectivity index (χ2n) is 8.07.